The molecular weight excluding hydrogens is 388 g/mol. The van der Waals surface area contributed by atoms with Gasteiger partial charge in [-0.3, -0.25) is 14.4 Å². The Bertz CT molecular complexity index is 842. The highest BCUT2D eigenvalue weighted by atomic mass is 32.1. The zero-order valence-corrected chi connectivity index (χ0v) is 16.2. The summed E-state index contributed by atoms with van der Waals surface area (Å²) >= 11 is 1.13. The number of furan rings is 1. The zero-order valence-electron chi connectivity index (χ0n) is 15.4. The second-order valence-corrected chi connectivity index (χ2v) is 6.37. The van der Waals surface area contributed by atoms with Crippen LogP contribution in [0.5, 0.6) is 0 Å². The molecule has 0 atom stereocenters. The van der Waals surface area contributed by atoms with Crippen LogP contribution in [0.4, 0.5) is 5.00 Å². The van der Waals surface area contributed by atoms with Crippen LogP contribution in [0.3, 0.4) is 0 Å². The first-order chi connectivity index (χ1) is 13.4. The Morgan fingerprint density at radius 3 is 2.64 bits per heavy atom. The topological polar surface area (TPSA) is 124 Å². The third kappa shape index (κ3) is 5.95. The highest BCUT2D eigenvalue weighted by Crippen LogP contribution is 2.36. The average Bonchev–Trinajstić information content (AvgIpc) is 3.29. The third-order valence-electron chi connectivity index (χ3n) is 3.38. The molecule has 28 heavy (non-hydrogen) atoms. The minimum atomic E-state index is -0.628. The van der Waals surface area contributed by atoms with Gasteiger partial charge in [0.1, 0.15) is 16.3 Å². The van der Waals surface area contributed by atoms with Crippen molar-refractivity contribution in [1.29, 1.82) is 0 Å². The number of carbonyl (C=O) groups is 4. The van der Waals surface area contributed by atoms with E-state index in [1.54, 1.807) is 24.4 Å². The number of carbonyl (C=O) groups excluding carboxylic acids is 4. The number of rotatable bonds is 9. The predicted octanol–water partition coefficient (Wildman–Crippen LogP) is 2.19. The van der Waals surface area contributed by atoms with Crippen LogP contribution in [0.2, 0.25) is 0 Å². The van der Waals surface area contributed by atoms with Crippen LogP contribution in [-0.2, 0) is 23.9 Å². The van der Waals surface area contributed by atoms with Gasteiger partial charge in [0.15, 0.2) is 6.61 Å². The molecule has 0 aromatic carbocycles. The van der Waals surface area contributed by atoms with Gasteiger partial charge in [-0.15, -0.1) is 11.3 Å². The molecule has 2 rings (SSSR count). The Kier molecular flexibility index (Phi) is 7.76. The van der Waals surface area contributed by atoms with Gasteiger partial charge >= 0.3 is 11.9 Å². The zero-order chi connectivity index (χ0) is 20.5. The molecule has 0 aliphatic rings. The summed E-state index contributed by atoms with van der Waals surface area (Å²) in [5, 5.41) is 6.94. The van der Waals surface area contributed by atoms with E-state index in [0.717, 1.165) is 11.3 Å². The largest absolute Gasteiger partial charge is 0.464 e. The number of ether oxygens (including phenoxy) is 2. The summed E-state index contributed by atoms with van der Waals surface area (Å²) in [6.45, 7) is 2.79. The lowest BCUT2D eigenvalue weighted by molar-refractivity contribution is -0.147. The molecule has 2 heterocycles. The van der Waals surface area contributed by atoms with E-state index in [1.807, 2.05) is 0 Å². The molecule has 2 aromatic heterocycles. The molecule has 150 valence electrons. The van der Waals surface area contributed by atoms with Crippen LogP contribution in [-0.4, -0.2) is 43.5 Å². The highest BCUT2D eigenvalue weighted by molar-refractivity contribution is 7.15. The molecule has 0 saturated heterocycles. The fourth-order valence-electron chi connectivity index (χ4n) is 2.19. The van der Waals surface area contributed by atoms with E-state index in [4.69, 9.17) is 13.9 Å². The molecule has 0 radical (unpaired) electrons. The van der Waals surface area contributed by atoms with Crippen molar-refractivity contribution >= 4 is 40.1 Å². The van der Waals surface area contributed by atoms with E-state index >= 15 is 0 Å². The fourth-order valence-corrected chi connectivity index (χ4v) is 3.14. The van der Waals surface area contributed by atoms with Gasteiger partial charge in [0.25, 0.3) is 5.91 Å². The van der Waals surface area contributed by atoms with E-state index in [2.05, 4.69) is 10.6 Å². The van der Waals surface area contributed by atoms with E-state index in [0.29, 0.717) is 11.3 Å². The van der Waals surface area contributed by atoms with Crippen molar-refractivity contribution in [2.45, 2.75) is 20.3 Å². The van der Waals surface area contributed by atoms with Gasteiger partial charge in [-0.05, 0) is 19.1 Å². The van der Waals surface area contributed by atoms with Gasteiger partial charge in [0.05, 0.1) is 19.3 Å². The normalized spacial score (nSPS) is 10.2. The summed E-state index contributed by atoms with van der Waals surface area (Å²) in [7, 11) is 0. The Morgan fingerprint density at radius 1 is 1.21 bits per heavy atom. The lowest BCUT2D eigenvalue weighted by atomic mass is 10.1. The minimum Gasteiger partial charge on any atom is -0.464 e. The maximum Gasteiger partial charge on any atom is 0.341 e. The van der Waals surface area contributed by atoms with Crippen molar-refractivity contribution in [2.24, 2.45) is 0 Å². The van der Waals surface area contributed by atoms with Gasteiger partial charge in [0.2, 0.25) is 5.91 Å². The van der Waals surface area contributed by atoms with Gasteiger partial charge in [0, 0.05) is 24.4 Å². The number of nitrogens with one attached hydrogen (secondary N) is 2. The highest BCUT2D eigenvalue weighted by Gasteiger charge is 2.24. The van der Waals surface area contributed by atoms with Crippen molar-refractivity contribution < 1.29 is 33.1 Å². The number of thiophene rings is 1. The van der Waals surface area contributed by atoms with Crippen molar-refractivity contribution in [1.82, 2.24) is 5.32 Å². The molecule has 0 saturated carbocycles. The number of hydrogen-bond donors (Lipinski definition) is 2. The molecule has 0 bridgehead atoms. The van der Waals surface area contributed by atoms with Crippen LogP contribution in [0, 0.1) is 0 Å². The van der Waals surface area contributed by atoms with E-state index in [9.17, 15) is 19.2 Å². The predicted molar refractivity (Wildman–Crippen MR) is 101 cm³/mol. The Balaban J connectivity index is 2.01. The number of amides is 2. The monoisotopic (exact) mass is 408 g/mol. The molecule has 10 heteroatoms. The summed E-state index contributed by atoms with van der Waals surface area (Å²) in [6.07, 6.45) is 1.42. The number of esters is 2. The minimum absolute atomic E-state index is 0.0530. The van der Waals surface area contributed by atoms with Crippen LogP contribution in [0.15, 0.2) is 28.2 Å². The SMILES string of the molecule is CCOC(=O)c1c(-c2ccco2)csc1NC(=O)COC(=O)CCNC(C)=O. The van der Waals surface area contributed by atoms with E-state index < -0.39 is 24.5 Å². The first-order valence-corrected chi connectivity index (χ1v) is 9.32. The summed E-state index contributed by atoms with van der Waals surface area (Å²) in [5.74, 6) is -1.63. The lowest BCUT2D eigenvalue weighted by Gasteiger charge is -2.08. The van der Waals surface area contributed by atoms with Gasteiger partial charge in [-0.2, -0.15) is 0 Å². The molecule has 0 aliphatic carbocycles. The van der Waals surface area contributed by atoms with E-state index in [-0.39, 0.29) is 36.0 Å². The van der Waals surface area contributed by atoms with E-state index in [1.165, 1.54) is 13.2 Å². The Labute approximate surface area is 165 Å². The molecule has 0 spiro atoms. The Hall–Kier alpha value is -3.14. The second-order valence-electron chi connectivity index (χ2n) is 5.49. The van der Waals surface area contributed by atoms with Gasteiger partial charge in [-0.25, -0.2) is 4.79 Å². The fraction of sp³-hybridized carbons (Fsp3) is 0.333. The molecule has 2 amide bonds. The molecule has 2 N–H and O–H groups in total. The quantitative estimate of drug-likeness (QED) is 0.610. The maximum atomic E-state index is 12.3. The summed E-state index contributed by atoms with van der Waals surface area (Å²) < 4.78 is 15.2. The molecular formula is C18H20N2O7S. The molecule has 2 aromatic rings. The van der Waals surface area contributed by atoms with Crippen molar-refractivity contribution in [3.63, 3.8) is 0 Å². The summed E-state index contributed by atoms with van der Waals surface area (Å²) in [4.78, 5) is 46.7. The first kappa shape index (κ1) is 21.2. The smallest absolute Gasteiger partial charge is 0.341 e. The standard InChI is InChI=1S/C18H20N2O7S/c1-3-25-18(24)16-12(13-5-4-8-26-13)10-28-17(16)20-14(22)9-27-15(23)6-7-19-11(2)21/h4-5,8,10H,3,6-7,9H2,1-2H3,(H,19,21)(H,20,22). The molecule has 0 unspecified atom stereocenters. The summed E-state index contributed by atoms with van der Waals surface area (Å²) in [5.41, 5.74) is 0.670. The molecule has 0 fully saturated rings. The van der Waals surface area contributed by atoms with Crippen LogP contribution < -0.4 is 10.6 Å². The summed E-state index contributed by atoms with van der Waals surface area (Å²) in [6, 6.07) is 3.37. The maximum absolute atomic E-state index is 12.3. The average molecular weight is 408 g/mol. The van der Waals surface area contributed by atoms with Crippen molar-refractivity contribution in [3.8, 4) is 11.3 Å². The van der Waals surface area contributed by atoms with Gasteiger partial charge < -0.3 is 24.5 Å². The van der Waals surface area contributed by atoms with Crippen LogP contribution in [0.1, 0.15) is 30.6 Å². The van der Waals surface area contributed by atoms with Crippen LogP contribution >= 0.6 is 11.3 Å². The first-order valence-electron chi connectivity index (χ1n) is 8.44. The van der Waals surface area contributed by atoms with Crippen molar-refractivity contribution in [2.75, 3.05) is 25.1 Å². The Morgan fingerprint density at radius 2 is 2.00 bits per heavy atom. The second kappa shape index (κ2) is 10.3. The third-order valence-corrected chi connectivity index (χ3v) is 4.27. The lowest BCUT2D eigenvalue weighted by Crippen LogP contribution is -2.26. The number of hydrogen-bond acceptors (Lipinski definition) is 8. The van der Waals surface area contributed by atoms with Gasteiger partial charge in [-0.1, -0.05) is 0 Å². The number of anilines is 1. The molecule has 9 nitrogen and oxygen atoms in total. The van der Waals surface area contributed by atoms with Crippen molar-refractivity contribution in [3.05, 3.63) is 29.3 Å². The molecule has 0 aliphatic heterocycles. The van der Waals surface area contributed by atoms with Crippen LogP contribution in [0.25, 0.3) is 11.3 Å².